The average Bonchev–Trinajstić information content (AvgIpc) is 2.66. The van der Waals surface area contributed by atoms with E-state index in [2.05, 4.69) is 15.4 Å². The Kier molecular flexibility index (Phi) is 6.52. The first-order valence-electron chi connectivity index (χ1n) is 9.61. The van der Waals surface area contributed by atoms with Crippen molar-refractivity contribution in [2.45, 2.75) is 43.8 Å². The predicted octanol–water partition coefficient (Wildman–Crippen LogP) is 1.89. The average molecular weight is 426 g/mol. The molecule has 0 aromatic heterocycles. The first-order valence-corrected chi connectivity index (χ1v) is 11.0. The number of nitro benzene ring substituents is 1. The van der Waals surface area contributed by atoms with E-state index < -0.39 is 14.9 Å². The molecule has 10 nitrogen and oxygen atoms in total. The van der Waals surface area contributed by atoms with Crippen molar-refractivity contribution in [3.8, 4) is 0 Å². The van der Waals surface area contributed by atoms with Crippen molar-refractivity contribution in [3.05, 3.63) is 28.3 Å². The second kappa shape index (κ2) is 8.74. The molecule has 2 atom stereocenters. The Balaban J connectivity index is 1.93. The van der Waals surface area contributed by atoms with E-state index in [4.69, 9.17) is 4.74 Å². The maximum Gasteiger partial charge on any atom is 0.270 e. The normalized spacial score (nSPS) is 24.3. The van der Waals surface area contributed by atoms with E-state index in [-0.39, 0.29) is 41.6 Å². The van der Waals surface area contributed by atoms with Gasteiger partial charge in [0.05, 0.1) is 22.8 Å². The van der Waals surface area contributed by atoms with E-state index in [1.54, 1.807) is 13.8 Å². The van der Waals surface area contributed by atoms with Crippen molar-refractivity contribution in [2.24, 2.45) is 5.10 Å². The number of non-ortho nitro benzene ring substituents is 1. The van der Waals surface area contributed by atoms with Gasteiger partial charge in [0.25, 0.3) is 5.69 Å². The van der Waals surface area contributed by atoms with Crippen LogP contribution in [0, 0.1) is 10.1 Å². The summed E-state index contributed by atoms with van der Waals surface area (Å²) in [7, 11) is -1.93. The second-order valence-electron chi connectivity index (χ2n) is 7.61. The van der Waals surface area contributed by atoms with E-state index in [1.807, 2.05) is 7.05 Å². The minimum Gasteiger partial charge on any atom is -0.373 e. The highest BCUT2D eigenvalue weighted by Crippen LogP contribution is 2.31. The molecular weight excluding hydrogens is 398 g/mol. The molecular formula is C18H27N5O5S. The molecule has 0 amide bonds. The van der Waals surface area contributed by atoms with Crippen molar-refractivity contribution in [1.82, 2.24) is 9.21 Å². The van der Waals surface area contributed by atoms with Crippen molar-refractivity contribution in [1.29, 1.82) is 0 Å². The third-order valence-corrected chi connectivity index (χ3v) is 6.95. The molecule has 0 bridgehead atoms. The minimum absolute atomic E-state index is 0.148. The molecule has 2 aliphatic rings. The van der Waals surface area contributed by atoms with E-state index in [0.717, 1.165) is 37.7 Å². The van der Waals surface area contributed by atoms with Crippen LogP contribution in [0.1, 0.15) is 26.7 Å². The van der Waals surface area contributed by atoms with Crippen LogP contribution in [0.25, 0.3) is 0 Å². The molecule has 0 saturated carbocycles. The Hall–Kier alpha value is -2.08. The number of nitrogens with one attached hydrogen (secondary N) is 1. The zero-order valence-corrected chi connectivity index (χ0v) is 17.7. The van der Waals surface area contributed by atoms with Gasteiger partial charge < -0.3 is 9.64 Å². The van der Waals surface area contributed by atoms with E-state index in [1.165, 1.54) is 16.4 Å². The first kappa shape index (κ1) is 21.6. The fraction of sp³-hybridized carbons (Fsp3) is 0.611. The summed E-state index contributed by atoms with van der Waals surface area (Å²) < 4.78 is 33.6. The van der Waals surface area contributed by atoms with E-state index in [0.29, 0.717) is 0 Å². The summed E-state index contributed by atoms with van der Waals surface area (Å²) in [5, 5.41) is 15.6. The molecule has 160 valence electrons. The number of sulfonamides is 1. The molecule has 1 aromatic carbocycles. The molecule has 1 N–H and O–H groups in total. The number of morpholine rings is 1. The smallest absolute Gasteiger partial charge is 0.270 e. The Morgan fingerprint density at radius 3 is 2.41 bits per heavy atom. The summed E-state index contributed by atoms with van der Waals surface area (Å²) in [6, 6.07) is 3.77. The topological polar surface area (TPSA) is 117 Å². The monoisotopic (exact) mass is 425 g/mol. The largest absolute Gasteiger partial charge is 0.373 e. The Morgan fingerprint density at radius 2 is 1.83 bits per heavy atom. The quantitative estimate of drug-likeness (QED) is 0.565. The van der Waals surface area contributed by atoms with Crippen LogP contribution in [0.15, 0.2) is 28.2 Å². The van der Waals surface area contributed by atoms with Crippen LogP contribution in [0.4, 0.5) is 11.4 Å². The zero-order valence-electron chi connectivity index (χ0n) is 16.9. The van der Waals surface area contributed by atoms with Crippen LogP contribution in [0.2, 0.25) is 0 Å². The fourth-order valence-electron chi connectivity index (χ4n) is 3.52. The van der Waals surface area contributed by atoms with Gasteiger partial charge in [0.1, 0.15) is 4.90 Å². The van der Waals surface area contributed by atoms with Crippen LogP contribution in [0.3, 0.4) is 0 Å². The highest BCUT2D eigenvalue weighted by molar-refractivity contribution is 7.89. The molecule has 1 aromatic rings. The summed E-state index contributed by atoms with van der Waals surface area (Å²) in [6.07, 6.45) is 1.06. The molecule has 0 aliphatic carbocycles. The lowest BCUT2D eigenvalue weighted by Crippen LogP contribution is -2.48. The molecule has 0 radical (unpaired) electrons. The van der Waals surface area contributed by atoms with Gasteiger partial charge in [0.15, 0.2) is 0 Å². The Bertz CT molecular complexity index is 884. The third kappa shape index (κ3) is 5.10. The Morgan fingerprint density at radius 1 is 1.21 bits per heavy atom. The lowest BCUT2D eigenvalue weighted by atomic mass is 10.1. The Labute approximate surface area is 170 Å². The maximum atomic E-state index is 13.3. The standard InChI is InChI=1S/C18H27N5O5S/c1-13-11-22(12-14(2)28-13)29(26,27)18-10-16(23(24)25)4-5-17(18)20-19-15-6-8-21(3)9-7-15/h4-5,10,13-14,20H,6-9,11-12H2,1-3H3/t13-,14+. The van der Waals surface area contributed by atoms with Crippen LogP contribution in [0.5, 0.6) is 0 Å². The third-order valence-electron chi connectivity index (χ3n) is 5.08. The number of anilines is 1. The molecule has 3 rings (SSSR count). The van der Waals surface area contributed by atoms with Gasteiger partial charge >= 0.3 is 0 Å². The van der Waals surface area contributed by atoms with Gasteiger partial charge in [-0.05, 0) is 27.0 Å². The van der Waals surface area contributed by atoms with E-state index >= 15 is 0 Å². The maximum absolute atomic E-state index is 13.3. The van der Waals surface area contributed by atoms with Crippen molar-refractivity contribution >= 4 is 27.1 Å². The summed E-state index contributed by atoms with van der Waals surface area (Å²) in [5.41, 5.74) is 3.73. The van der Waals surface area contributed by atoms with E-state index in [9.17, 15) is 18.5 Å². The first-order chi connectivity index (χ1) is 13.7. The number of benzene rings is 1. The van der Waals surface area contributed by atoms with Crippen LogP contribution in [-0.2, 0) is 14.8 Å². The number of rotatable bonds is 5. The number of hydrazone groups is 1. The molecule has 2 fully saturated rings. The molecule has 2 heterocycles. The predicted molar refractivity (Wildman–Crippen MR) is 110 cm³/mol. The summed E-state index contributed by atoms with van der Waals surface area (Å²) in [5.74, 6) is 0. The number of nitrogens with zero attached hydrogens (tertiary/aromatic N) is 4. The molecule has 11 heteroatoms. The molecule has 2 aliphatic heterocycles. The molecule has 0 spiro atoms. The number of hydrogen-bond acceptors (Lipinski definition) is 8. The molecule has 2 saturated heterocycles. The van der Waals surface area contributed by atoms with Gasteiger partial charge in [-0.3, -0.25) is 15.5 Å². The number of ether oxygens (including phenoxy) is 1. The number of hydrogen-bond donors (Lipinski definition) is 1. The van der Waals surface area contributed by atoms with Gasteiger partial charge in [0, 0.05) is 56.9 Å². The molecule has 0 unspecified atom stereocenters. The second-order valence-corrected chi connectivity index (χ2v) is 9.52. The number of piperidine rings is 1. The minimum atomic E-state index is -3.97. The van der Waals surface area contributed by atoms with Gasteiger partial charge in [-0.15, -0.1) is 0 Å². The highest BCUT2D eigenvalue weighted by Gasteiger charge is 2.34. The SMILES string of the molecule is C[C@@H]1CN(S(=O)(=O)c2cc([N+](=O)[O-])ccc2NN=C2CCN(C)CC2)C[C@H](C)O1. The fourth-order valence-corrected chi connectivity index (χ4v) is 5.28. The van der Waals surface area contributed by atoms with Gasteiger partial charge in [-0.25, -0.2) is 8.42 Å². The van der Waals surface area contributed by atoms with Crippen molar-refractivity contribution in [3.63, 3.8) is 0 Å². The highest BCUT2D eigenvalue weighted by atomic mass is 32.2. The lowest BCUT2D eigenvalue weighted by molar-refractivity contribution is -0.385. The van der Waals surface area contributed by atoms with Gasteiger partial charge in [-0.2, -0.15) is 9.41 Å². The number of nitro groups is 1. The van der Waals surface area contributed by atoms with Crippen molar-refractivity contribution < 1.29 is 18.1 Å². The van der Waals surface area contributed by atoms with Gasteiger partial charge in [0.2, 0.25) is 10.0 Å². The van der Waals surface area contributed by atoms with Crippen LogP contribution in [-0.4, -0.2) is 73.7 Å². The van der Waals surface area contributed by atoms with Crippen LogP contribution < -0.4 is 5.43 Å². The lowest BCUT2D eigenvalue weighted by Gasteiger charge is -2.34. The summed E-state index contributed by atoms with van der Waals surface area (Å²) in [4.78, 5) is 12.7. The molecule has 29 heavy (non-hydrogen) atoms. The number of likely N-dealkylation sites (tertiary alicyclic amines) is 1. The summed E-state index contributed by atoms with van der Waals surface area (Å²) in [6.45, 7) is 5.75. The van der Waals surface area contributed by atoms with Crippen LogP contribution >= 0.6 is 0 Å². The van der Waals surface area contributed by atoms with Gasteiger partial charge in [-0.1, -0.05) is 0 Å². The van der Waals surface area contributed by atoms with Crippen molar-refractivity contribution in [2.75, 3.05) is 38.7 Å². The zero-order chi connectivity index (χ0) is 21.2. The summed E-state index contributed by atoms with van der Waals surface area (Å²) >= 11 is 0.